The lowest BCUT2D eigenvalue weighted by Crippen LogP contribution is -2.17. The molecule has 0 heterocycles. The molecule has 0 bridgehead atoms. The summed E-state index contributed by atoms with van der Waals surface area (Å²) >= 11 is 0. The molecule has 2 nitrogen and oxygen atoms in total. The van der Waals surface area contributed by atoms with Gasteiger partial charge in [-0.3, -0.25) is 0 Å². The average Bonchev–Trinajstić information content (AvgIpc) is 2.40. The fourth-order valence-corrected chi connectivity index (χ4v) is 2.26. The van der Waals surface area contributed by atoms with Crippen LogP contribution in [0.15, 0.2) is 53.6 Å². The van der Waals surface area contributed by atoms with Crippen LogP contribution in [0.1, 0.15) is 31.7 Å². The van der Waals surface area contributed by atoms with Crippen molar-refractivity contribution in [2.24, 2.45) is 0 Å². The second-order valence-electron chi connectivity index (χ2n) is 4.52. The fraction of sp³-hybridized carbons (Fsp3) is 0.312. The van der Waals surface area contributed by atoms with Crippen molar-refractivity contribution in [3.05, 3.63) is 59.2 Å². The Kier molecular flexibility index (Phi) is 3.98. The van der Waals surface area contributed by atoms with Gasteiger partial charge in [-0.25, -0.2) is 4.79 Å². The summed E-state index contributed by atoms with van der Waals surface area (Å²) in [6, 6.07) is 10.1. The Morgan fingerprint density at radius 2 is 2.00 bits per heavy atom. The molecule has 0 saturated carbocycles. The zero-order valence-electron chi connectivity index (χ0n) is 10.8. The molecule has 0 aromatic heterocycles. The van der Waals surface area contributed by atoms with Gasteiger partial charge >= 0.3 is 5.97 Å². The van der Waals surface area contributed by atoms with Gasteiger partial charge in [-0.15, -0.1) is 0 Å². The standard InChI is InChI=1S/C16H18O2/c1-3-18-16(17)14-10-9-12(2)11-15(14)13-7-5-4-6-8-13/h4-10,15H,3,11H2,1-2H3/t15-/m0/s1. The van der Waals surface area contributed by atoms with Gasteiger partial charge < -0.3 is 4.74 Å². The van der Waals surface area contributed by atoms with Gasteiger partial charge in [0.05, 0.1) is 6.61 Å². The molecule has 1 aliphatic rings. The van der Waals surface area contributed by atoms with Crippen LogP contribution in [0.3, 0.4) is 0 Å². The van der Waals surface area contributed by atoms with E-state index in [0.29, 0.717) is 6.61 Å². The Balaban J connectivity index is 2.31. The highest BCUT2D eigenvalue weighted by Crippen LogP contribution is 2.34. The van der Waals surface area contributed by atoms with Crippen LogP contribution in [0.5, 0.6) is 0 Å². The molecular weight excluding hydrogens is 224 g/mol. The first-order chi connectivity index (χ1) is 8.72. The minimum absolute atomic E-state index is 0.121. The molecule has 0 fully saturated rings. The van der Waals surface area contributed by atoms with Crippen LogP contribution in [-0.2, 0) is 9.53 Å². The van der Waals surface area contributed by atoms with Crippen LogP contribution in [0, 0.1) is 0 Å². The third-order valence-corrected chi connectivity index (χ3v) is 3.16. The summed E-state index contributed by atoms with van der Waals surface area (Å²) in [5.41, 5.74) is 3.22. The van der Waals surface area contributed by atoms with E-state index in [1.807, 2.05) is 37.3 Å². The number of rotatable bonds is 3. The van der Waals surface area contributed by atoms with E-state index in [2.05, 4.69) is 19.1 Å². The van der Waals surface area contributed by atoms with Crippen molar-refractivity contribution in [3.63, 3.8) is 0 Å². The van der Waals surface area contributed by atoms with Gasteiger partial charge in [0.1, 0.15) is 0 Å². The predicted molar refractivity (Wildman–Crippen MR) is 72.3 cm³/mol. The Hall–Kier alpha value is -1.83. The maximum absolute atomic E-state index is 12.0. The maximum atomic E-state index is 12.0. The molecule has 0 saturated heterocycles. The summed E-state index contributed by atoms with van der Waals surface area (Å²) in [7, 11) is 0. The quantitative estimate of drug-likeness (QED) is 0.757. The molecule has 1 aliphatic carbocycles. The van der Waals surface area contributed by atoms with Crippen molar-refractivity contribution < 1.29 is 9.53 Å². The van der Waals surface area contributed by atoms with E-state index >= 15 is 0 Å². The molecule has 0 aliphatic heterocycles. The number of esters is 1. The molecule has 2 rings (SSSR count). The van der Waals surface area contributed by atoms with E-state index < -0.39 is 0 Å². The predicted octanol–water partition coefficient (Wildman–Crippen LogP) is 3.61. The third-order valence-electron chi connectivity index (χ3n) is 3.16. The number of ether oxygens (including phenoxy) is 1. The Morgan fingerprint density at radius 3 is 2.67 bits per heavy atom. The van der Waals surface area contributed by atoms with Crippen LogP contribution in [0.4, 0.5) is 0 Å². The van der Waals surface area contributed by atoms with Crippen molar-refractivity contribution >= 4 is 5.97 Å². The molecule has 0 radical (unpaired) electrons. The zero-order chi connectivity index (χ0) is 13.0. The number of carbonyl (C=O) groups excluding carboxylic acids is 1. The summed E-state index contributed by atoms with van der Waals surface area (Å²) in [4.78, 5) is 12.0. The molecule has 0 unspecified atom stereocenters. The number of hydrogen-bond donors (Lipinski definition) is 0. The Bertz CT molecular complexity index is 483. The van der Waals surface area contributed by atoms with Crippen LogP contribution < -0.4 is 0 Å². The highest BCUT2D eigenvalue weighted by atomic mass is 16.5. The molecule has 1 atom stereocenters. The largest absolute Gasteiger partial charge is 0.463 e. The molecular formula is C16H18O2. The highest BCUT2D eigenvalue weighted by molar-refractivity contribution is 5.91. The Morgan fingerprint density at radius 1 is 1.28 bits per heavy atom. The van der Waals surface area contributed by atoms with Gasteiger partial charge in [0.2, 0.25) is 0 Å². The van der Waals surface area contributed by atoms with E-state index in [-0.39, 0.29) is 11.9 Å². The van der Waals surface area contributed by atoms with E-state index in [0.717, 1.165) is 12.0 Å². The van der Waals surface area contributed by atoms with Gasteiger partial charge in [-0.1, -0.05) is 48.1 Å². The van der Waals surface area contributed by atoms with Crippen LogP contribution in [-0.4, -0.2) is 12.6 Å². The molecule has 0 amide bonds. The van der Waals surface area contributed by atoms with Crippen LogP contribution in [0.25, 0.3) is 0 Å². The monoisotopic (exact) mass is 242 g/mol. The van der Waals surface area contributed by atoms with Gasteiger partial charge in [0.15, 0.2) is 0 Å². The molecule has 94 valence electrons. The van der Waals surface area contributed by atoms with Crippen molar-refractivity contribution in [2.45, 2.75) is 26.2 Å². The summed E-state index contributed by atoms with van der Waals surface area (Å²) in [6.07, 6.45) is 4.79. The number of benzene rings is 1. The third kappa shape index (κ3) is 2.70. The summed E-state index contributed by atoms with van der Waals surface area (Å²) in [5, 5.41) is 0. The second-order valence-corrected chi connectivity index (χ2v) is 4.52. The minimum Gasteiger partial charge on any atom is -0.463 e. The average molecular weight is 242 g/mol. The normalized spacial score (nSPS) is 18.9. The van der Waals surface area contributed by atoms with Crippen molar-refractivity contribution in [1.29, 1.82) is 0 Å². The molecule has 0 spiro atoms. The SMILES string of the molecule is CCOC(=O)C1=CC=C(C)C[C@H]1c1ccccc1. The van der Waals surface area contributed by atoms with Gasteiger partial charge in [-0.2, -0.15) is 0 Å². The van der Waals surface area contributed by atoms with Crippen LogP contribution >= 0.6 is 0 Å². The van der Waals surface area contributed by atoms with E-state index in [4.69, 9.17) is 4.74 Å². The number of hydrogen-bond acceptors (Lipinski definition) is 2. The first-order valence-electron chi connectivity index (χ1n) is 6.31. The lowest BCUT2D eigenvalue weighted by atomic mass is 9.82. The first kappa shape index (κ1) is 12.6. The zero-order valence-corrected chi connectivity index (χ0v) is 10.8. The van der Waals surface area contributed by atoms with Crippen molar-refractivity contribution in [2.75, 3.05) is 6.61 Å². The number of allylic oxidation sites excluding steroid dienone is 3. The van der Waals surface area contributed by atoms with Gasteiger partial charge in [0, 0.05) is 11.5 Å². The lowest BCUT2D eigenvalue weighted by molar-refractivity contribution is -0.138. The molecule has 0 N–H and O–H groups in total. The van der Waals surface area contributed by atoms with Crippen molar-refractivity contribution in [3.8, 4) is 0 Å². The summed E-state index contributed by atoms with van der Waals surface area (Å²) < 4.78 is 5.13. The fourth-order valence-electron chi connectivity index (χ4n) is 2.26. The smallest absolute Gasteiger partial charge is 0.334 e. The molecule has 18 heavy (non-hydrogen) atoms. The second kappa shape index (κ2) is 5.67. The molecule has 2 heteroatoms. The lowest BCUT2D eigenvalue weighted by Gasteiger charge is -2.23. The Labute approximate surface area is 108 Å². The van der Waals surface area contributed by atoms with E-state index in [1.165, 1.54) is 11.1 Å². The van der Waals surface area contributed by atoms with E-state index in [9.17, 15) is 4.79 Å². The van der Waals surface area contributed by atoms with Crippen molar-refractivity contribution in [1.82, 2.24) is 0 Å². The first-order valence-corrected chi connectivity index (χ1v) is 6.31. The van der Waals surface area contributed by atoms with Gasteiger partial charge in [0.25, 0.3) is 0 Å². The summed E-state index contributed by atoms with van der Waals surface area (Å²) in [5.74, 6) is -0.0784. The maximum Gasteiger partial charge on any atom is 0.334 e. The molecule has 1 aromatic carbocycles. The van der Waals surface area contributed by atoms with Gasteiger partial charge in [-0.05, 0) is 25.8 Å². The topological polar surface area (TPSA) is 26.3 Å². The highest BCUT2D eigenvalue weighted by Gasteiger charge is 2.25. The number of carbonyl (C=O) groups is 1. The van der Waals surface area contributed by atoms with Crippen LogP contribution in [0.2, 0.25) is 0 Å². The molecule has 1 aromatic rings. The minimum atomic E-state index is -0.199. The van der Waals surface area contributed by atoms with E-state index in [1.54, 1.807) is 0 Å². The summed E-state index contributed by atoms with van der Waals surface area (Å²) in [6.45, 7) is 4.34.